The summed E-state index contributed by atoms with van der Waals surface area (Å²) in [5, 5.41) is 3.06. The van der Waals surface area contributed by atoms with Gasteiger partial charge in [0.25, 0.3) is 11.8 Å². The van der Waals surface area contributed by atoms with Crippen molar-refractivity contribution in [3.8, 4) is 11.5 Å². The Morgan fingerprint density at radius 2 is 1.73 bits per heavy atom. The summed E-state index contributed by atoms with van der Waals surface area (Å²) in [5.41, 5.74) is 1.09. The van der Waals surface area contributed by atoms with E-state index in [0.29, 0.717) is 31.1 Å². The predicted octanol–water partition coefficient (Wildman–Crippen LogP) is 0.431. The Labute approximate surface area is 176 Å². The van der Waals surface area contributed by atoms with Gasteiger partial charge in [-0.1, -0.05) is 42.5 Å². The summed E-state index contributed by atoms with van der Waals surface area (Å²) >= 11 is 0. The van der Waals surface area contributed by atoms with Gasteiger partial charge in [-0.25, -0.2) is 0 Å². The maximum Gasteiger partial charge on any atom is 0.275 e. The Morgan fingerprint density at radius 3 is 2.47 bits per heavy atom. The molecule has 2 heterocycles. The lowest BCUT2D eigenvalue weighted by Crippen LogP contribution is -3.16. The molecule has 0 aliphatic carbocycles. The predicted molar refractivity (Wildman–Crippen MR) is 111 cm³/mol. The van der Waals surface area contributed by atoms with Gasteiger partial charge in [-0.2, -0.15) is 0 Å². The van der Waals surface area contributed by atoms with E-state index in [0.717, 1.165) is 18.7 Å². The van der Waals surface area contributed by atoms with E-state index in [9.17, 15) is 9.59 Å². The minimum atomic E-state index is -0.614. The number of piperazine rings is 1. The molecule has 7 nitrogen and oxygen atoms in total. The van der Waals surface area contributed by atoms with Crippen LogP contribution in [0.25, 0.3) is 0 Å². The van der Waals surface area contributed by atoms with Crippen LogP contribution in [0.5, 0.6) is 11.5 Å². The van der Waals surface area contributed by atoms with Crippen LogP contribution in [0.2, 0.25) is 0 Å². The molecule has 2 aliphatic heterocycles. The lowest BCUT2D eigenvalue weighted by atomic mass is 10.1. The first kappa shape index (κ1) is 20.2. The zero-order chi connectivity index (χ0) is 20.9. The molecular weight excluding hydrogens is 382 g/mol. The number of hydrogen-bond acceptors (Lipinski definition) is 4. The van der Waals surface area contributed by atoms with Gasteiger partial charge >= 0.3 is 0 Å². The van der Waals surface area contributed by atoms with E-state index < -0.39 is 6.10 Å². The van der Waals surface area contributed by atoms with E-state index in [2.05, 4.69) is 5.32 Å². The van der Waals surface area contributed by atoms with Gasteiger partial charge in [0.05, 0.1) is 32.2 Å². The van der Waals surface area contributed by atoms with E-state index in [1.807, 2.05) is 66.4 Å². The molecule has 2 amide bonds. The van der Waals surface area contributed by atoms with E-state index in [4.69, 9.17) is 9.47 Å². The molecule has 0 aromatic heterocycles. The number of nitrogens with zero attached hydrogens (tertiary/aromatic N) is 1. The van der Waals surface area contributed by atoms with Crippen molar-refractivity contribution in [3.63, 3.8) is 0 Å². The van der Waals surface area contributed by atoms with E-state index in [-0.39, 0.29) is 24.5 Å². The Hall–Kier alpha value is -3.06. The Balaban J connectivity index is 1.23. The van der Waals surface area contributed by atoms with Crippen LogP contribution in [0, 0.1) is 0 Å². The smallest absolute Gasteiger partial charge is 0.275 e. The topological polar surface area (TPSA) is 72.3 Å². The third-order valence-corrected chi connectivity index (χ3v) is 5.65. The van der Waals surface area contributed by atoms with Crippen molar-refractivity contribution in [1.29, 1.82) is 0 Å². The molecule has 0 unspecified atom stereocenters. The normalized spacial score (nSPS) is 19.8. The van der Waals surface area contributed by atoms with Crippen molar-refractivity contribution in [3.05, 3.63) is 60.2 Å². The Kier molecular flexibility index (Phi) is 6.18. The van der Waals surface area contributed by atoms with Crippen LogP contribution >= 0.6 is 0 Å². The zero-order valence-electron chi connectivity index (χ0n) is 17.2. The van der Waals surface area contributed by atoms with Crippen molar-refractivity contribution in [2.24, 2.45) is 0 Å². The van der Waals surface area contributed by atoms with Crippen molar-refractivity contribution in [2.45, 2.75) is 19.1 Å². The average molecular weight is 410 g/mol. The molecule has 2 aromatic carbocycles. The van der Waals surface area contributed by atoms with Crippen molar-refractivity contribution >= 4 is 11.8 Å². The summed E-state index contributed by atoms with van der Waals surface area (Å²) in [4.78, 5) is 28.3. The highest BCUT2D eigenvalue weighted by Crippen LogP contribution is 2.31. The van der Waals surface area contributed by atoms with Crippen LogP contribution < -0.4 is 19.7 Å². The summed E-state index contributed by atoms with van der Waals surface area (Å²) < 4.78 is 11.5. The fourth-order valence-corrected chi connectivity index (χ4v) is 3.91. The van der Waals surface area contributed by atoms with Crippen LogP contribution in [0.1, 0.15) is 18.5 Å². The van der Waals surface area contributed by atoms with Gasteiger partial charge < -0.3 is 24.6 Å². The molecule has 0 saturated carbocycles. The molecule has 0 radical (unpaired) electrons. The number of carbonyl (C=O) groups excluding carboxylic acids is 2. The molecule has 2 N–H and O–H groups in total. The van der Waals surface area contributed by atoms with Crippen molar-refractivity contribution in [2.75, 3.05) is 39.3 Å². The molecule has 30 heavy (non-hydrogen) atoms. The number of quaternary nitrogens is 1. The lowest BCUT2D eigenvalue weighted by Gasteiger charge is -2.35. The van der Waals surface area contributed by atoms with Crippen LogP contribution in [0.3, 0.4) is 0 Å². The third-order valence-electron chi connectivity index (χ3n) is 5.65. The molecule has 0 bridgehead atoms. The van der Waals surface area contributed by atoms with E-state index in [1.165, 1.54) is 4.90 Å². The SMILES string of the molecule is C[C@@H](NC(=O)C[NH+]1CCN(C(=O)[C@@H]2COc3ccccc3O2)CC1)c1ccccc1. The first-order valence-corrected chi connectivity index (χ1v) is 10.5. The Morgan fingerprint density at radius 1 is 1.07 bits per heavy atom. The Bertz CT molecular complexity index is 881. The quantitative estimate of drug-likeness (QED) is 0.750. The number of para-hydroxylation sites is 2. The highest BCUT2D eigenvalue weighted by molar-refractivity contribution is 5.82. The second-order valence-corrected chi connectivity index (χ2v) is 7.82. The lowest BCUT2D eigenvalue weighted by molar-refractivity contribution is -0.896. The monoisotopic (exact) mass is 410 g/mol. The molecule has 7 heteroatoms. The van der Waals surface area contributed by atoms with E-state index >= 15 is 0 Å². The second-order valence-electron chi connectivity index (χ2n) is 7.82. The fraction of sp³-hybridized carbons (Fsp3) is 0.391. The molecule has 2 atom stereocenters. The summed E-state index contributed by atoms with van der Waals surface area (Å²) in [5.74, 6) is 1.26. The number of amides is 2. The summed E-state index contributed by atoms with van der Waals surface area (Å²) in [6.45, 7) is 5.32. The maximum absolute atomic E-state index is 12.8. The standard InChI is InChI=1S/C23H27N3O4/c1-17(18-7-3-2-4-8-18)24-22(27)15-25-11-13-26(14-12-25)23(28)21-16-29-19-9-5-6-10-20(19)30-21/h2-10,17,21H,11-16H2,1H3,(H,24,27)/p+1/t17-,21+/m1/s1. The van der Waals surface area contributed by atoms with E-state index in [1.54, 1.807) is 0 Å². The molecule has 1 fully saturated rings. The minimum Gasteiger partial charge on any atom is -0.485 e. The first-order chi connectivity index (χ1) is 14.6. The number of benzene rings is 2. The third kappa shape index (κ3) is 4.74. The van der Waals surface area contributed by atoms with Gasteiger partial charge in [0, 0.05) is 0 Å². The number of hydrogen-bond donors (Lipinski definition) is 2. The summed E-state index contributed by atoms with van der Waals surface area (Å²) in [7, 11) is 0. The molecular formula is C23H28N3O4+. The van der Waals surface area contributed by atoms with Gasteiger partial charge in [0.1, 0.15) is 6.61 Å². The van der Waals surface area contributed by atoms with Crippen LogP contribution in [0.4, 0.5) is 0 Å². The van der Waals surface area contributed by atoms with Gasteiger partial charge in [-0.05, 0) is 24.6 Å². The number of carbonyl (C=O) groups is 2. The van der Waals surface area contributed by atoms with Crippen molar-refractivity contribution in [1.82, 2.24) is 10.2 Å². The largest absolute Gasteiger partial charge is 0.485 e. The molecule has 0 spiro atoms. The van der Waals surface area contributed by atoms with Gasteiger partial charge in [-0.15, -0.1) is 0 Å². The molecule has 4 rings (SSSR count). The van der Waals surface area contributed by atoms with Gasteiger partial charge in [0.2, 0.25) is 6.10 Å². The molecule has 2 aromatic rings. The molecule has 2 aliphatic rings. The van der Waals surface area contributed by atoms with Crippen LogP contribution in [-0.2, 0) is 9.59 Å². The molecule has 1 saturated heterocycles. The first-order valence-electron chi connectivity index (χ1n) is 10.5. The van der Waals surface area contributed by atoms with Crippen LogP contribution in [0.15, 0.2) is 54.6 Å². The zero-order valence-corrected chi connectivity index (χ0v) is 17.2. The number of fused-ring (bicyclic) bond motifs is 1. The highest BCUT2D eigenvalue weighted by atomic mass is 16.6. The number of nitrogens with one attached hydrogen (secondary N) is 2. The second kappa shape index (κ2) is 9.17. The summed E-state index contributed by atoms with van der Waals surface area (Å²) in [6, 6.07) is 17.3. The highest BCUT2D eigenvalue weighted by Gasteiger charge is 2.34. The summed E-state index contributed by atoms with van der Waals surface area (Å²) in [6.07, 6.45) is -0.614. The number of ether oxygens (including phenoxy) is 2. The molecule has 158 valence electrons. The minimum absolute atomic E-state index is 0.0210. The van der Waals surface area contributed by atoms with Gasteiger partial charge in [0.15, 0.2) is 18.0 Å². The number of rotatable bonds is 5. The van der Waals surface area contributed by atoms with Gasteiger partial charge in [-0.3, -0.25) is 9.59 Å². The van der Waals surface area contributed by atoms with Crippen LogP contribution in [-0.4, -0.2) is 62.1 Å². The maximum atomic E-state index is 12.8. The average Bonchev–Trinajstić information content (AvgIpc) is 2.79. The fourth-order valence-electron chi connectivity index (χ4n) is 3.91. The van der Waals surface area contributed by atoms with Crippen molar-refractivity contribution < 1.29 is 24.0 Å².